The van der Waals surface area contributed by atoms with E-state index < -0.39 is 5.97 Å². The van der Waals surface area contributed by atoms with E-state index in [1.165, 1.54) is 0 Å². The van der Waals surface area contributed by atoms with Gasteiger partial charge in [0, 0.05) is 6.42 Å². The smallest absolute Gasteiger partial charge is 0.358 e. The van der Waals surface area contributed by atoms with E-state index in [1.54, 1.807) is 13.3 Å². The molecule has 0 bridgehead atoms. The Morgan fingerprint density at radius 2 is 2.08 bits per heavy atom. The van der Waals surface area contributed by atoms with E-state index in [-0.39, 0.29) is 0 Å². The van der Waals surface area contributed by atoms with Gasteiger partial charge in [0.25, 0.3) is 0 Å². The Hall–Kier alpha value is -2.96. The lowest BCUT2D eigenvalue weighted by atomic mass is 10.1. The summed E-state index contributed by atoms with van der Waals surface area (Å²) in [4.78, 5) is 16.6. The van der Waals surface area contributed by atoms with Crippen molar-refractivity contribution in [2.45, 2.75) is 27.2 Å². The van der Waals surface area contributed by atoms with Crippen molar-refractivity contribution in [3.63, 3.8) is 0 Å². The van der Waals surface area contributed by atoms with Gasteiger partial charge < -0.3 is 4.74 Å². The zero-order chi connectivity index (χ0) is 16.8. The van der Waals surface area contributed by atoms with Gasteiger partial charge in [0.05, 0.1) is 35.1 Å². The number of aryl methyl sites for hydroxylation is 2. The molecular formula is C17H17N5O2. The first-order valence-electron chi connectivity index (χ1n) is 7.86. The van der Waals surface area contributed by atoms with Gasteiger partial charge in [-0.1, -0.05) is 11.3 Å². The number of esters is 1. The molecule has 1 aliphatic rings. The topological polar surface area (TPSA) is 74.8 Å². The molecule has 1 aliphatic heterocycles. The molecule has 0 amide bonds. The van der Waals surface area contributed by atoms with Gasteiger partial charge in [-0.25, -0.2) is 14.5 Å². The maximum absolute atomic E-state index is 12.3. The largest absolute Gasteiger partial charge is 0.461 e. The van der Waals surface area contributed by atoms with Crippen LogP contribution in [0.2, 0.25) is 0 Å². The predicted octanol–water partition coefficient (Wildman–Crippen LogP) is 2.15. The third-order valence-electron chi connectivity index (χ3n) is 4.25. The molecule has 3 heterocycles. The summed E-state index contributed by atoms with van der Waals surface area (Å²) < 4.78 is 8.93. The fourth-order valence-corrected chi connectivity index (χ4v) is 3.06. The number of carbonyl (C=O) groups excluding carboxylic acids is 1. The Bertz CT molecular complexity index is 954. The molecule has 0 fully saturated rings. The number of imidazole rings is 1. The molecule has 24 heavy (non-hydrogen) atoms. The fraction of sp³-hybridized carbons (Fsp3) is 0.294. The average Bonchev–Trinajstić information content (AvgIpc) is 3.10. The molecule has 0 saturated carbocycles. The zero-order valence-corrected chi connectivity index (χ0v) is 13.8. The Morgan fingerprint density at radius 3 is 2.88 bits per heavy atom. The van der Waals surface area contributed by atoms with Gasteiger partial charge in [0.2, 0.25) is 0 Å². The van der Waals surface area contributed by atoms with Crippen molar-refractivity contribution in [2.24, 2.45) is 0 Å². The van der Waals surface area contributed by atoms with Crippen LogP contribution in [0.25, 0.3) is 11.4 Å². The van der Waals surface area contributed by atoms with E-state index in [9.17, 15) is 4.79 Å². The van der Waals surface area contributed by atoms with E-state index in [0.717, 1.165) is 34.0 Å². The Labute approximate surface area is 138 Å². The number of fused-ring (bicyclic) bond motifs is 5. The van der Waals surface area contributed by atoms with Crippen LogP contribution in [-0.2, 0) is 11.2 Å². The van der Waals surface area contributed by atoms with Gasteiger partial charge in [-0.3, -0.25) is 4.57 Å². The lowest BCUT2D eigenvalue weighted by molar-refractivity contribution is 0.0519. The summed E-state index contributed by atoms with van der Waals surface area (Å²) in [7, 11) is 0. The maximum Gasteiger partial charge on any atom is 0.358 e. The van der Waals surface area contributed by atoms with Crippen LogP contribution in [0.15, 0.2) is 24.5 Å². The van der Waals surface area contributed by atoms with Gasteiger partial charge in [-0.05, 0) is 38.5 Å². The number of hydrogen-bond donors (Lipinski definition) is 0. The molecule has 3 aromatic rings. The van der Waals surface area contributed by atoms with Crippen molar-refractivity contribution < 1.29 is 9.53 Å². The summed E-state index contributed by atoms with van der Waals surface area (Å²) in [6.07, 6.45) is 2.19. The minimum atomic E-state index is -0.404. The van der Waals surface area contributed by atoms with E-state index >= 15 is 0 Å². The van der Waals surface area contributed by atoms with Crippen LogP contribution in [0, 0.1) is 13.8 Å². The minimum Gasteiger partial charge on any atom is -0.461 e. The molecule has 0 unspecified atom stereocenters. The van der Waals surface area contributed by atoms with Gasteiger partial charge in [-0.15, -0.1) is 5.10 Å². The van der Waals surface area contributed by atoms with Crippen molar-refractivity contribution in [3.8, 4) is 11.4 Å². The molecule has 7 heteroatoms. The first kappa shape index (κ1) is 14.6. The molecule has 1 aromatic carbocycles. The molecule has 0 atom stereocenters. The molecule has 0 spiro atoms. The molecule has 0 N–H and O–H groups in total. The van der Waals surface area contributed by atoms with Crippen LogP contribution in [0.5, 0.6) is 0 Å². The number of hydrogen-bond acceptors (Lipinski definition) is 5. The number of aromatic nitrogens is 5. The van der Waals surface area contributed by atoms with Crippen molar-refractivity contribution in [1.29, 1.82) is 0 Å². The summed E-state index contributed by atoms with van der Waals surface area (Å²) in [6.45, 7) is 6.06. The van der Waals surface area contributed by atoms with Gasteiger partial charge in [0.1, 0.15) is 6.33 Å². The summed E-state index contributed by atoms with van der Waals surface area (Å²) in [5.74, 6) is -0.404. The molecule has 2 aromatic heterocycles. The predicted molar refractivity (Wildman–Crippen MR) is 86.7 cm³/mol. The van der Waals surface area contributed by atoms with Crippen molar-refractivity contribution >= 4 is 5.97 Å². The molecular weight excluding hydrogens is 306 g/mol. The number of benzene rings is 1. The molecule has 0 radical (unpaired) electrons. The van der Waals surface area contributed by atoms with Crippen molar-refractivity contribution in [3.05, 3.63) is 52.9 Å². The number of carbonyl (C=O) groups is 1. The van der Waals surface area contributed by atoms with Crippen molar-refractivity contribution in [1.82, 2.24) is 24.5 Å². The highest BCUT2D eigenvalue weighted by Crippen LogP contribution is 2.30. The average molecular weight is 323 g/mol. The SMILES string of the molecule is CCOC(=O)c1ncn2c1Cc1c(C)nnn1-c1cc(C)ccc1-2. The lowest BCUT2D eigenvalue weighted by Crippen LogP contribution is -2.10. The first-order chi connectivity index (χ1) is 11.6. The van der Waals surface area contributed by atoms with E-state index in [4.69, 9.17) is 4.74 Å². The minimum absolute atomic E-state index is 0.319. The standard InChI is InChI=1S/C17H17N5O2/c1-4-24-17(23)16-15-8-13-11(3)19-20-22(13)14-7-10(2)5-6-12(14)21(15)9-18-16/h5-7,9H,4,8H2,1-3H3. The van der Waals surface area contributed by atoms with Crippen LogP contribution in [0.1, 0.15) is 40.1 Å². The van der Waals surface area contributed by atoms with E-state index in [2.05, 4.69) is 21.4 Å². The second-order valence-electron chi connectivity index (χ2n) is 5.83. The Morgan fingerprint density at radius 1 is 1.25 bits per heavy atom. The molecule has 0 saturated heterocycles. The van der Waals surface area contributed by atoms with E-state index in [1.807, 2.05) is 35.2 Å². The van der Waals surface area contributed by atoms with Gasteiger partial charge in [-0.2, -0.15) is 0 Å². The summed E-state index contributed by atoms with van der Waals surface area (Å²) >= 11 is 0. The maximum atomic E-state index is 12.3. The first-order valence-corrected chi connectivity index (χ1v) is 7.86. The van der Waals surface area contributed by atoms with Crippen LogP contribution in [-0.4, -0.2) is 37.1 Å². The molecule has 4 rings (SSSR count). The molecule has 7 nitrogen and oxygen atoms in total. The third kappa shape index (κ3) is 2.05. The van der Waals surface area contributed by atoms with Crippen LogP contribution in [0.4, 0.5) is 0 Å². The van der Waals surface area contributed by atoms with Gasteiger partial charge >= 0.3 is 5.97 Å². The number of nitrogens with zero attached hydrogens (tertiary/aromatic N) is 5. The fourth-order valence-electron chi connectivity index (χ4n) is 3.06. The van der Waals surface area contributed by atoms with Crippen LogP contribution >= 0.6 is 0 Å². The lowest BCUT2D eigenvalue weighted by Gasteiger charge is -2.10. The second kappa shape index (κ2) is 5.30. The zero-order valence-electron chi connectivity index (χ0n) is 13.8. The summed E-state index contributed by atoms with van der Waals surface area (Å²) in [6, 6.07) is 6.10. The van der Waals surface area contributed by atoms with Crippen LogP contribution < -0.4 is 0 Å². The quantitative estimate of drug-likeness (QED) is 0.528. The monoisotopic (exact) mass is 323 g/mol. The second-order valence-corrected chi connectivity index (χ2v) is 5.83. The number of ether oxygens (including phenoxy) is 1. The highest BCUT2D eigenvalue weighted by Gasteiger charge is 2.27. The van der Waals surface area contributed by atoms with Crippen molar-refractivity contribution in [2.75, 3.05) is 6.61 Å². The van der Waals surface area contributed by atoms with E-state index in [0.29, 0.717) is 18.7 Å². The van der Waals surface area contributed by atoms with Gasteiger partial charge in [0.15, 0.2) is 5.69 Å². The highest BCUT2D eigenvalue weighted by molar-refractivity contribution is 5.89. The summed E-state index contributed by atoms with van der Waals surface area (Å²) in [5, 5.41) is 8.49. The highest BCUT2D eigenvalue weighted by atomic mass is 16.5. The molecule has 122 valence electrons. The molecule has 0 aliphatic carbocycles. The number of rotatable bonds is 2. The normalized spacial score (nSPS) is 12.1. The Balaban J connectivity index is 2.00. The third-order valence-corrected chi connectivity index (χ3v) is 4.25. The summed E-state index contributed by atoms with van der Waals surface area (Å²) in [5.41, 5.74) is 5.90. The van der Waals surface area contributed by atoms with Crippen LogP contribution in [0.3, 0.4) is 0 Å². The Kier molecular flexibility index (Phi) is 3.23.